The second-order valence-corrected chi connectivity index (χ2v) is 15.5. The number of hydrogen-bond donors (Lipinski definition) is 2. The van der Waals surface area contributed by atoms with E-state index in [0.717, 1.165) is 12.1 Å². The lowest BCUT2D eigenvalue weighted by molar-refractivity contribution is -0.137. The predicted octanol–water partition coefficient (Wildman–Crippen LogP) is 6.74. The minimum absolute atomic E-state index is 0.0147. The Kier molecular flexibility index (Phi) is 7.20. The van der Waals surface area contributed by atoms with Crippen molar-refractivity contribution in [3.05, 3.63) is 59.9 Å². The molecule has 7 nitrogen and oxygen atoms in total. The van der Waals surface area contributed by atoms with Gasteiger partial charge in [-0.2, -0.15) is 13.2 Å². The fourth-order valence-electron chi connectivity index (χ4n) is 4.17. The zero-order valence-electron chi connectivity index (χ0n) is 20.9. The minimum atomic E-state index is -4.75. The van der Waals surface area contributed by atoms with Crippen LogP contribution in [0.2, 0.25) is 25.7 Å². The van der Waals surface area contributed by atoms with Gasteiger partial charge in [-0.25, -0.2) is 9.78 Å². The van der Waals surface area contributed by atoms with E-state index in [1.54, 1.807) is 24.5 Å². The van der Waals surface area contributed by atoms with Gasteiger partial charge in [-0.3, -0.25) is 0 Å². The van der Waals surface area contributed by atoms with Crippen LogP contribution in [0.15, 0.2) is 48.8 Å². The molecule has 0 unspecified atom stereocenters. The number of methoxy groups -OCH3 is 1. The first-order valence-corrected chi connectivity index (χ1v) is 15.3. The Hall–Kier alpha value is -3.57. The van der Waals surface area contributed by atoms with E-state index in [1.807, 2.05) is 0 Å². The molecule has 0 amide bonds. The number of nitrogens with one attached hydrogen (secondary N) is 1. The number of ether oxygens (including phenoxy) is 2. The van der Waals surface area contributed by atoms with Gasteiger partial charge in [-0.1, -0.05) is 19.6 Å². The number of hydrogen-bond acceptors (Lipinski definition) is 4. The van der Waals surface area contributed by atoms with E-state index < -0.39 is 25.8 Å². The number of aromatic nitrogens is 3. The predicted molar refractivity (Wildman–Crippen MR) is 138 cm³/mol. The van der Waals surface area contributed by atoms with Crippen LogP contribution in [0.4, 0.5) is 13.2 Å². The highest BCUT2D eigenvalue weighted by atomic mass is 28.3. The minimum Gasteiger partial charge on any atom is -0.497 e. The van der Waals surface area contributed by atoms with Gasteiger partial charge in [0.25, 0.3) is 0 Å². The van der Waals surface area contributed by atoms with Gasteiger partial charge in [-0.05, 0) is 42.4 Å². The van der Waals surface area contributed by atoms with Gasteiger partial charge >= 0.3 is 12.1 Å². The summed E-state index contributed by atoms with van der Waals surface area (Å²) in [6.07, 6.45) is -1.49. The lowest BCUT2D eigenvalue weighted by Gasteiger charge is -2.20. The monoisotopic (exact) mass is 531 g/mol. The van der Waals surface area contributed by atoms with Gasteiger partial charge in [0.1, 0.15) is 18.1 Å². The molecule has 0 saturated heterocycles. The quantitative estimate of drug-likeness (QED) is 0.185. The van der Waals surface area contributed by atoms with Crippen LogP contribution in [0, 0.1) is 0 Å². The second-order valence-electron chi connectivity index (χ2n) is 9.88. The second kappa shape index (κ2) is 10.1. The van der Waals surface area contributed by atoms with E-state index in [2.05, 4.69) is 29.6 Å². The number of nitrogens with zero attached hydrogens (tertiary/aromatic N) is 2. The molecule has 0 radical (unpaired) electrons. The first kappa shape index (κ1) is 26.5. The Bertz CT molecular complexity index is 1440. The third kappa shape index (κ3) is 5.57. The topological polar surface area (TPSA) is 89.4 Å². The maximum absolute atomic E-state index is 14.2. The molecule has 2 N–H and O–H groups in total. The molecule has 0 aliphatic heterocycles. The van der Waals surface area contributed by atoms with Crippen molar-refractivity contribution >= 4 is 25.1 Å². The Morgan fingerprint density at radius 3 is 2.54 bits per heavy atom. The molecule has 3 heterocycles. The number of halogens is 3. The SMILES string of the molecule is COc1ccc(-c2c(C(=O)O)cc(-c3ccnc4[nH]ccc34)n2COCC[Si](C)(C)C)c(C(F)(F)F)c1. The zero-order valence-corrected chi connectivity index (χ0v) is 21.9. The van der Waals surface area contributed by atoms with Crippen LogP contribution in [0.3, 0.4) is 0 Å². The highest BCUT2D eigenvalue weighted by molar-refractivity contribution is 6.76. The number of fused-ring (bicyclic) bond motifs is 1. The van der Waals surface area contributed by atoms with E-state index in [0.29, 0.717) is 28.9 Å². The Labute approximate surface area is 212 Å². The van der Waals surface area contributed by atoms with Gasteiger partial charge in [0, 0.05) is 43.6 Å². The summed E-state index contributed by atoms with van der Waals surface area (Å²) in [5.41, 5.74) is -0.0177. The van der Waals surface area contributed by atoms with Gasteiger partial charge in [-0.15, -0.1) is 0 Å². The molecule has 196 valence electrons. The van der Waals surface area contributed by atoms with Crippen molar-refractivity contribution in [1.29, 1.82) is 0 Å². The molecule has 4 rings (SSSR count). The third-order valence-corrected chi connectivity index (χ3v) is 7.77. The number of rotatable bonds is 9. The molecular weight excluding hydrogens is 503 g/mol. The molecule has 11 heteroatoms. The average molecular weight is 532 g/mol. The van der Waals surface area contributed by atoms with Crippen molar-refractivity contribution in [2.24, 2.45) is 0 Å². The van der Waals surface area contributed by atoms with Crippen molar-refractivity contribution < 1.29 is 32.5 Å². The van der Waals surface area contributed by atoms with Gasteiger partial charge < -0.3 is 24.1 Å². The number of carboxylic acids is 1. The molecule has 4 aromatic rings. The van der Waals surface area contributed by atoms with Crippen LogP contribution < -0.4 is 4.74 Å². The van der Waals surface area contributed by atoms with E-state index in [4.69, 9.17) is 9.47 Å². The molecule has 0 fully saturated rings. The maximum atomic E-state index is 14.2. The van der Waals surface area contributed by atoms with E-state index in [1.165, 1.54) is 29.9 Å². The summed E-state index contributed by atoms with van der Waals surface area (Å²) < 4.78 is 55.1. The smallest absolute Gasteiger partial charge is 0.417 e. The Morgan fingerprint density at radius 2 is 1.89 bits per heavy atom. The molecule has 0 atom stereocenters. The standard InChI is InChI=1S/C26H28F3N3O4Si/c1-35-16-5-6-19(21(13-16)26(27,28)29)23-20(25(33)34)14-22(32(23)15-36-11-12-37(2,3)4)17-7-9-30-24-18(17)8-10-31-24/h5-10,13-14H,11-12,15H2,1-4H3,(H,30,31)(H,33,34). The van der Waals surface area contributed by atoms with Crippen molar-refractivity contribution in [2.45, 2.75) is 38.6 Å². The first-order valence-electron chi connectivity index (χ1n) is 11.6. The number of alkyl halides is 3. The van der Waals surface area contributed by atoms with E-state index in [9.17, 15) is 23.1 Å². The molecule has 37 heavy (non-hydrogen) atoms. The number of aromatic carboxylic acids is 1. The number of aromatic amines is 1. The van der Waals surface area contributed by atoms with Crippen LogP contribution in [-0.4, -0.2) is 47.4 Å². The molecule has 0 saturated carbocycles. The molecule has 3 aromatic heterocycles. The molecule has 0 aliphatic carbocycles. The Morgan fingerprint density at radius 1 is 1.14 bits per heavy atom. The lowest BCUT2D eigenvalue weighted by atomic mass is 10.0. The molecule has 0 spiro atoms. The average Bonchev–Trinajstić information content (AvgIpc) is 3.45. The molecule has 0 aliphatic rings. The fourth-order valence-corrected chi connectivity index (χ4v) is 4.93. The van der Waals surface area contributed by atoms with E-state index >= 15 is 0 Å². The number of H-pyrrole nitrogens is 1. The van der Waals surface area contributed by atoms with Crippen molar-refractivity contribution in [1.82, 2.24) is 14.5 Å². The molecule has 1 aromatic carbocycles. The summed E-state index contributed by atoms with van der Waals surface area (Å²) in [5, 5.41) is 10.8. The Balaban J connectivity index is 1.97. The van der Waals surface area contributed by atoms with Crippen molar-refractivity contribution in [2.75, 3.05) is 13.7 Å². The number of carbonyl (C=O) groups is 1. The number of pyridine rings is 1. The van der Waals surface area contributed by atoms with Gasteiger partial charge in [0.05, 0.1) is 29.6 Å². The van der Waals surface area contributed by atoms with Crippen molar-refractivity contribution in [3.63, 3.8) is 0 Å². The number of benzene rings is 1. The highest BCUT2D eigenvalue weighted by Gasteiger charge is 2.37. The van der Waals surface area contributed by atoms with Crippen LogP contribution in [0.1, 0.15) is 15.9 Å². The van der Waals surface area contributed by atoms with Crippen LogP contribution >= 0.6 is 0 Å². The first-order chi connectivity index (χ1) is 17.4. The summed E-state index contributed by atoms with van der Waals surface area (Å²) in [5.74, 6) is -1.33. The summed E-state index contributed by atoms with van der Waals surface area (Å²) in [6, 6.07) is 9.24. The molecular formula is C26H28F3N3O4Si. The third-order valence-electron chi connectivity index (χ3n) is 6.07. The molecule has 0 bridgehead atoms. The highest BCUT2D eigenvalue weighted by Crippen LogP contribution is 2.43. The summed E-state index contributed by atoms with van der Waals surface area (Å²) >= 11 is 0. The normalized spacial score (nSPS) is 12.3. The van der Waals surface area contributed by atoms with Gasteiger partial charge in [0.15, 0.2) is 0 Å². The largest absolute Gasteiger partial charge is 0.497 e. The maximum Gasteiger partial charge on any atom is 0.417 e. The summed E-state index contributed by atoms with van der Waals surface area (Å²) in [4.78, 5) is 19.7. The zero-order chi connectivity index (χ0) is 27.0. The van der Waals surface area contributed by atoms with E-state index in [-0.39, 0.29) is 29.3 Å². The fraction of sp³-hybridized carbons (Fsp3) is 0.308. The summed E-state index contributed by atoms with van der Waals surface area (Å²) in [6.45, 7) is 6.85. The van der Waals surface area contributed by atoms with Crippen molar-refractivity contribution in [3.8, 4) is 28.3 Å². The van der Waals surface area contributed by atoms with Gasteiger partial charge in [0.2, 0.25) is 0 Å². The summed E-state index contributed by atoms with van der Waals surface area (Å²) in [7, 11) is -0.164. The lowest BCUT2D eigenvalue weighted by Crippen LogP contribution is -2.22. The van der Waals surface area contributed by atoms with Crippen LogP contribution in [-0.2, 0) is 17.6 Å². The van der Waals surface area contributed by atoms with Crippen LogP contribution in [0.25, 0.3) is 33.5 Å². The van der Waals surface area contributed by atoms with Crippen LogP contribution in [0.5, 0.6) is 5.75 Å². The number of carboxylic acid groups (broad SMARTS) is 1.